The van der Waals surface area contributed by atoms with Crippen LogP contribution in [0.1, 0.15) is 28.3 Å². The highest BCUT2D eigenvalue weighted by atomic mass is 127. The minimum Gasteiger partial charge on any atom is -0.306 e. The van der Waals surface area contributed by atoms with E-state index in [0.717, 1.165) is 20.2 Å². The summed E-state index contributed by atoms with van der Waals surface area (Å²) < 4.78 is 15.3. The van der Waals surface area contributed by atoms with Gasteiger partial charge in [0.05, 0.1) is 6.04 Å². The summed E-state index contributed by atoms with van der Waals surface area (Å²) in [6.07, 6.45) is 0. The molecule has 0 radical (unpaired) electrons. The van der Waals surface area contributed by atoms with E-state index in [1.165, 1.54) is 15.8 Å². The average Bonchev–Trinajstić information content (AvgIpc) is 2.66. The van der Waals surface area contributed by atoms with Crippen LogP contribution in [-0.4, -0.2) is 6.54 Å². The van der Waals surface area contributed by atoms with Gasteiger partial charge in [0.25, 0.3) is 0 Å². The van der Waals surface area contributed by atoms with Gasteiger partial charge in [0.1, 0.15) is 5.82 Å². The van der Waals surface area contributed by atoms with E-state index in [1.54, 1.807) is 17.4 Å². The Hall–Kier alpha value is 0.0200. The first-order chi connectivity index (χ1) is 9.02. The van der Waals surface area contributed by atoms with Crippen LogP contribution in [0.3, 0.4) is 0 Å². The molecule has 1 heterocycles. The van der Waals surface area contributed by atoms with E-state index in [-0.39, 0.29) is 11.9 Å². The molecule has 0 fully saturated rings. The molecule has 2 aromatic rings. The van der Waals surface area contributed by atoms with Crippen molar-refractivity contribution in [1.82, 2.24) is 5.32 Å². The lowest BCUT2D eigenvalue weighted by atomic mass is 10.1. The second-order valence-corrected chi connectivity index (χ2v) is 7.53. The van der Waals surface area contributed by atoms with Crippen LogP contribution in [0.25, 0.3) is 0 Å². The van der Waals surface area contributed by atoms with Gasteiger partial charge in [0.2, 0.25) is 0 Å². The van der Waals surface area contributed by atoms with Gasteiger partial charge in [-0.1, -0.05) is 13.0 Å². The molecule has 2 rings (SSSR count). The highest BCUT2D eigenvalue weighted by molar-refractivity contribution is 14.1. The molecule has 19 heavy (non-hydrogen) atoms. The van der Waals surface area contributed by atoms with Crippen molar-refractivity contribution in [2.45, 2.75) is 19.9 Å². The fourth-order valence-electron chi connectivity index (χ4n) is 1.98. The van der Waals surface area contributed by atoms with Gasteiger partial charge < -0.3 is 5.32 Å². The lowest BCUT2D eigenvalue weighted by molar-refractivity contribution is 0.613. The second-order valence-electron chi connectivity index (χ2n) is 4.23. The Kier molecular flexibility index (Phi) is 5.39. The Morgan fingerprint density at radius 1 is 1.42 bits per heavy atom. The molecular weight excluding hydrogens is 440 g/mol. The number of nitrogens with one attached hydrogen (secondary N) is 1. The van der Waals surface area contributed by atoms with E-state index in [1.807, 2.05) is 6.07 Å². The molecule has 1 unspecified atom stereocenters. The highest BCUT2D eigenvalue weighted by Crippen LogP contribution is 2.37. The SMILES string of the molecule is CCNC(c1ccc(F)cc1I)c1sc(C)cc1Br. The maximum Gasteiger partial charge on any atom is 0.124 e. The van der Waals surface area contributed by atoms with Crippen LogP contribution >= 0.6 is 49.9 Å². The summed E-state index contributed by atoms with van der Waals surface area (Å²) in [5.74, 6) is -0.190. The summed E-state index contributed by atoms with van der Waals surface area (Å²) in [4.78, 5) is 2.51. The third kappa shape index (κ3) is 3.56. The second kappa shape index (κ2) is 6.65. The summed E-state index contributed by atoms with van der Waals surface area (Å²) in [5.41, 5.74) is 1.12. The minimum atomic E-state index is -0.190. The maximum atomic E-state index is 13.3. The molecule has 0 aliphatic carbocycles. The molecule has 0 spiro atoms. The van der Waals surface area contributed by atoms with Crippen LogP contribution in [0, 0.1) is 16.3 Å². The molecular formula is C14H14BrFINS. The Morgan fingerprint density at radius 3 is 2.68 bits per heavy atom. The van der Waals surface area contributed by atoms with Crippen molar-refractivity contribution in [2.24, 2.45) is 0 Å². The number of rotatable bonds is 4. The fourth-order valence-corrected chi connectivity index (χ4v) is 4.75. The maximum absolute atomic E-state index is 13.3. The number of halogens is 3. The van der Waals surface area contributed by atoms with Crippen LogP contribution in [0.15, 0.2) is 28.7 Å². The molecule has 0 saturated carbocycles. The van der Waals surface area contributed by atoms with Gasteiger partial charge in [-0.2, -0.15) is 0 Å². The van der Waals surface area contributed by atoms with Gasteiger partial charge in [-0.25, -0.2) is 4.39 Å². The molecule has 1 nitrogen and oxygen atoms in total. The van der Waals surface area contributed by atoms with Gasteiger partial charge >= 0.3 is 0 Å². The summed E-state index contributed by atoms with van der Waals surface area (Å²) in [5, 5.41) is 3.48. The number of hydrogen-bond donors (Lipinski definition) is 1. The highest BCUT2D eigenvalue weighted by Gasteiger charge is 2.20. The third-order valence-electron chi connectivity index (χ3n) is 2.78. The Bertz CT molecular complexity index is 585. The van der Waals surface area contributed by atoms with E-state index < -0.39 is 0 Å². The van der Waals surface area contributed by atoms with Gasteiger partial charge in [-0.05, 0) is 75.8 Å². The van der Waals surface area contributed by atoms with Crippen molar-refractivity contribution in [2.75, 3.05) is 6.54 Å². The van der Waals surface area contributed by atoms with E-state index in [0.29, 0.717) is 0 Å². The lowest BCUT2D eigenvalue weighted by Crippen LogP contribution is -2.22. The van der Waals surface area contributed by atoms with Gasteiger partial charge in [0.15, 0.2) is 0 Å². The molecule has 0 aliphatic heterocycles. The largest absolute Gasteiger partial charge is 0.306 e. The minimum absolute atomic E-state index is 0.102. The zero-order valence-corrected chi connectivity index (χ0v) is 15.2. The molecule has 1 N–H and O–H groups in total. The van der Waals surface area contributed by atoms with Crippen molar-refractivity contribution in [3.63, 3.8) is 0 Å². The first-order valence-corrected chi connectivity index (χ1v) is 8.66. The van der Waals surface area contributed by atoms with Crippen molar-refractivity contribution >= 4 is 49.9 Å². The molecule has 0 amide bonds. The first-order valence-electron chi connectivity index (χ1n) is 5.97. The zero-order chi connectivity index (χ0) is 14.0. The summed E-state index contributed by atoms with van der Waals surface area (Å²) >= 11 is 7.58. The van der Waals surface area contributed by atoms with Gasteiger partial charge in [-0.3, -0.25) is 0 Å². The Balaban J connectivity index is 2.48. The van der Waals surface area contributed by atoms with Crippen molar-refractivity contribution in [3.05, 3.63) is 53.4 Å². The summed E-state index contributed by atoms with van der Waals surface area (Å²) in [7, 11) is 0. The van der Waals surface area contributed by atoms with Crippen LogP contribution in [0.2, 0.25) is 0 Å². The van der Waals surface area contributed by atoms with Gasteiger partial charge in [-0.15, -0.1) is 11.3 Å². The van der Waals surface area contributed by atoms with Crippen LogP contribution in [-0.2, 0) is 0 Å². The molecule has 0 bridgehead atoms. The number of hydrogen-bond acceptors (Lipinski definition) is 2. The van der Waals surface area contributed by atoms with E-state index in [2.05, 4.69) is 63.8 Å². The van der Waals surface area contributed by atoms with Crippen LogP contribution in [0.4, 0.5) is 4.39 Å². The van der Waals surface area contributed by atoms with Crippen LogP contribution in [0.5, 0.6) is 0 Å². The molecule has 1 aromatic carbocycles. The van der Waals surface area contributed by atoms with Crippen LogP contribution < -0.4 is 5.32 Å². The first kappa shape index (κ1) is 15.4. The Morgan fingerprint density at radius 2 is 2.16 bits per heavy atom. The summed E-state index contributed by atoms with van der Waals surface area (Å²) in [6.45, 7) is 5.04. The predicted octanol–water partition coefficient (Wildman–Crippen LogP) is 5.26. The molecule has 5 heteroatoms. The molecule has 1 atom stereocenters. The summed E-state index contributed by atoms with van der Waals surface area (Å²) in [6, 6.07) is 7.20. The number of thiophene rings is 1. The van der Waals surface area contributed by atoms with E-state index in [9.17, 15) is 4.39 Å². The number of benzene rings is 1. The fraction of sp³-hybridized carbons (Fsp3) is 0.286. The molecule has 0 saturated heterocycles. The van der Waals surface area contributed by atoms with Gasteiger partial charge in [0, 0.05) is 17.8 Å². The molecule has 1 aromatic heterocycles. The lowest BCUT2D eigenvalue weighted by Gasteiger charge is -2.19. The number of aryl methyl sites for hydroxylation is 1. The Labute approximate surface area is 138 Å². The normalized spacial score (nSPS) is 12.7. The zero-order valence-electron chi connectivity index (χ0n) is 10.6. The van der Waals surface area contributed by atoms with E-state index >= 15 is 0 Å². The monoisotopic (exact) mass is 453 g/mol. The quantitative estimate of drug-likeness (QED) is 0.622. The third-order valence-corrected chi connectivity index (χ3v) is 5.75. The smallest absolute Gasteiger partial charge is 0.124 e. The standard InChI is InChI=1S/C14H14BrFINS/c1-3-18-13(14-11(15)6-8(2)19-14)10-5-4-9(16)7-12(10)17/h4-7,13,18H,3H2,1-2H3. The van der Waals surface area contributed by atoms with Crippen molar-refractivity contribution in [1.29, 1.82) is 0 Å². The van der Waals surface area contributed by atoms with Crippen molar-refractivity contribution in [3.8, 4) is 0 Å². The van der Waals surface area contributed by atoms with E-state index in [4.69, 9.17) is 0 Å². The predicted molar refractivity (Wildman–Crippen MR) is 91.4 cm³/mol. The topological polar surface area (TPSA) is 12.0 Å². The average molecular weight is 454 g/mol. The molecule has 102 valence electrons. The van der Waals surface area contributed by atoms with Crippen molar-refractivity contribution < 1.29 is 4.39 Å². The molecule has 0 aliphatic rings.